The van der Waals surface area contributed by atoms with E-state index < -0.39 is 40.1 Å². The second-order valence-electron chi connectivity index (χ2n) is 7.26. The lowest BCUT2D eigenvalue weighted by Gasteiger charge is -2.36. The Morgan fingerprint density at radius 1 is 1.06 bits per heavy atom. The first-order chi connectivity index (χ1) is 16.1. The number of hydrogen-bond donors (Lipinski definition) is 2. The molecular formula is C20H20F3N5O6. The number of nitro groups is 1. The molecular weight excluding hydrogens is 463 g/mol. The minimum absolute atomic E-state index is 0.0331. The number of nitrogens with zero attached hydrogens (tertiary/aromatic N) is 3. The molecule has 182 valence electrons. The van der Waals surface area contributed by atoms with E-state index in [1.165, 1.54) is 28.2 Å². The summed E-state index contributed by atoms with van der Waals surface area (Å²) >= 11 is 0. The molecule has 2 aromatic rings. The van der Waals surface area contributed by atoms with Crippen molar-refractivity contribution in [1.29, 1.82) is 0 Å². The van der Waals surface area contributed by atoms with E-state index in [0.29, 0.717) is 6.07 Å². The smallest absolute Gasteiger partial charge is 0.416 e. The summed E-state index contributed by atoms with van der Waals surface area (Å²) in [7, 11) is 0. The number of hydrogen-bond acceptors (Lipinski definition) is 7. The van der Waals surface area contributed by atoms with Gasteiger partial charge in [-0.25, -0.2) is 0 Å². The van der Waals surface area contributed by atoms with Crippen molar-refractivity contribution in [3.05, 3.63) is 58.0 Å². The quantitative estimate of drug-likeness (QED) is 0.449. The largest absolute Gasteiger partial charge is 0.459 e. The number of alkyl halides is 3. The Morgan fingerprint density at radius 2 is 1.76 bits per heavy atom. The molecule has 0 aliphatic carbocycles. The number of rotatable bonds is 7. The molecule has 0 atom stereocenters. The molecule has 14 heteroatoms. The Morgan fingerprint density at radius 3 is 2.35 bits per heavy atom. The Kier molecular flexibility index (Phi) is 7.38. The first-order valence-electron chi connectivity index (χ1n) is 10.0. The summed E-state index contributed by atoms with van der Waals surface area (Å²) in [6, 6.07) is 5.27. The average Bonchev–Trinajstić information content (AvgIpc) is 3.35. The van der Waals surface area contributed by atoms with Crippen molar-refractivity contribution >= 4 is 29.1 Å². The van der Waals surface area contributed by atoms with Crippen LogP contribution in [0.3, 0.4) is 0 Å². The van der Waals surface area contributed by atoms with Crippen molar-refractivity contribution in [3.8, 4) is 0 Å². The average molecular weight is 483 g/mol. The fourth-order valence-electron chi connectivity index (χ4n) is 3.31. The highest BCUT2D eigenvalue weighted by molar-refractivity contribution is 5.94. The maximum atomic E-state index is 12.9. The Labute approximate surface area is 190 Å². The van der Waals surface area contributed by atoms with Gasteiger partial charge in [-0.2, -0.15) is 13.2 Å². The number of benzene rings is 1. The van der Waals surface area contributed by atoms with Gasteiger partial charge >= 0.3 is 6.18 Å². The molecule has 1 saturated heterocycles. The fourth-order valence-corrected chi connectivity index (χ4v) is 3.31. The number of carbonyl (C=O) groups is 3. The minimum Gasteiger partial charge on any atom is -0.459 e. The zero-order valence-corrected chi connectivity index (χ0v) is 17.6. The first-order valence-corrected chi connectivity index (χ1v) is 10.0. The van der Waals surface area contributed by atoms with E-state index in [-0.39, 0.29) is 50.7 Å². The van der Waals surface area contributed by atoms with E-state index in [0.717, 1.165) is 12.1 Å². The molecule has 2 heterocycles. The molecule has 3 amide bonds. The molecule has 0 unspecified atom stereocenters. The number of furan rings is 1. The predicted molar refractivity (Wildman–Crippen MR) is 111 cm³/mol. The SMILES string of the molecule is O=C(CNC(=O)c1ccco1)NCC(=O)N1CCN(c2ccc(C(F)(F)F)cc2[N+](=O)[O-])CC1. The number of halogens is 3. The second-order valence-corrected chi connectivity index (χ2v) is 7.26. The lowest BCUT2D eigenvalue weighted by Crippen LogP contribution is -2.51. The van der Waals surface area contributed by atoms with Gasteiger partial charge in [-0.1, -0.05) is 0 Å². The van der Waals surface area contributed by atoms with Gasteiger partial charge in [-0.3, -0.25) is 24.5 Å². The van der Waals surface area contributed by atoms with Crippen LogP contribution in [0.1, 0.15) is 16.1 Å². The maximum Gasteiger partial charge on any atom is 0.416 e. The summed E-state index contributed by atoms with van der Waals surface area (Å²) in [5.41, 5.74) is -1.75. The van der Waals surface area contributed by atoms with E-state index in [9.17, 15) is 37.7 Å². The van der Waals surface area contributed by atoms with Gasteiger partial charge in [0.25, 0.3) is 11.6 Å². The Bertz CT molecular complexity index is 1070. The predicted octanol–water partition coefficient (Wildman–Crippen LogP) is 1.40. The molecule has 1 aliphatic rings. The number of amides is 3. The van der Waals surface area contributed by atoms with E-state index in [2.05, 4.69) is 10.6 Å². The van der Waals surface area contributed by atoms with E-state index >= 15 is 0 Å². The second kappa shape index (κ2) is 10.2. The van der Waals surface area contributed by atoms with Gasteiger partial charge in [0.05, 0.1) is 29.8 Å². The summed E-state index contributed by atoms with van der Waals surface area (Å²) in [6.07, 6.45) is -3.40. The standard InChI is InChI=1S/C20H20F3N5O6/c21-20(22,23)13-3-4-14(15(10-13)28(32)33)26-5-7-27(8-6-26)18(30)12-24-17(29)11-25-19(31)16-2-1-9-34-16/h1-4,9-10H,5-8,11-12H2,(H,24,29)(H,25,31). The van der Waals surface area contributed by atoms with Gasteiger partial charge < -0.3 is 24.9 Å². The Balaban J connectivity index is 1.49. The summed E-state index contributed by atoms with van der Waals surface area (Å²) in [5, 5.41) is 16.0. The zero-order chi connectivity index (χ0) is 24.9. The molecule has 1 aliphatic heterocycles. The van der Waals surface area contributed by atoms with E-state index in [4.69, 9.17) is 4.42 Å². The molecule has 1 aromatic heterocycles. The van der Waals surface area contributed by atoms with Gasteiger partial charge in [-0.15, -0.1) is 0 Å². The van der Waals surface area contributed by atoms with Crippen LogP contribution < -0.4 is 15.5 Å². The van der Waals surface area contributed by atoms with E-state index in [1.807, 2.05) is 0 Å². The molecule has 3 rings (SSSR count). The monoisotopic (exact) mass is 483 g/mol. The molecule has 34 heavy (non-hydrogen) atoms. The summed E-state index contributed by atoms with van der Waals surface area (Å²) in [4.78, 5) is 49.3. The molecule has 0 bridgehead atoms. The normalized spacial score (nSPS) is 14.0. The van der Waals surface area contributed by atoms with Crippen LogP contribution in [0.15, 0.2) is 41.0 Å². The van der Waals surface area contributed by atoms with Crippen LogP contribution in [0, 0.1) is 10.1 Å². The van der Waals surface area contributed by atoms with Crippen LogP contribution in [0.4, 0.5) is 24.5 Å². The molecule has 2 N–H and O–H groups in total. The highest BCUT2D eigenvalue weighted by Crippen LogP contribution is 2.36. The number of anilines is 1. The number of carbonyl (C=O) groups excluding carboxylic acids is 3. The van der Waals surface area contributed by atoms with Crippen LogP contribution in [0.2, 0.25) is 0 Å². The van der Waals surface area contributed by atoms with E-state index in [1.54, 1.807) is 0 Å². The van der Waals surface area contributed by atoms with Crippen LogP contribution >= 0.6 is 0 Å². The van der Waals surface area contributed by atoms with Crippen molar-refractivity contribution in [2.75, 3.05) is 44.2 Å². The highest BCUT2D eigenvalue weighted by Gasteiger charge is 2.34. The van der Waals surface area contributed by atoms with Crippen molar-refractivity contribution in [2.24, 2.45) is 0 Å². The number of piperazine rings is 1. The van der Waals surface area contributed by atoms with Gasteiger partial charge in [0.2, 0.25) is 11.8 Å². The van der Waals surface area contributed by atoms with Gasteiger partial charge in [0, 0.05) is 32.2 Å². The van der Waals surface area contributed by atoms with Gasteiger partial charge in [0.15, 0.2) is 5.76 Å². The Hall–Kier alpha value is -4.10. The number of nitro benzene ring substituents is 1. The van der Waals surface area contributed by atoms with Crippen LogP contribution in [-0.2, 0) is 15.8 Å². The molecule has 1 fully saturated rings. The number of nitrogens with one attached hydrogen (secondary N) is 2. The molecule has 0 saturated carbocycles. The third-order valence-corrected chi connectivity index (χ3v) is 5.06. The molecule has 11 nitrogen and oxygen atoms in total. The zero-order valence-electron chi connectivity index (χ0n) is 17.6. The molecule has 0 spiro atoms. The van der Waals surface area contributed by atoms with Crippen LogP contribution in [0.25, 0.3) is 0 Å². The highest BCUT2D eigenvalue weighted by atomic mass is 19.4. The first kappa shape index (κ1) is 24.5. The van der Waals surface area contributed by atoms with Gasteiger partial charge in [-0.05, 0) is 24.3 Å². The lowest BCUT2D eigenvalue weighted by molar-refractivity contribution is -0.384. The lowest BCUT2D eigenvalue weighted by atomic mass is 10.1. The van der Waals surface area contributed by atoms with Crippen LogP contribution in [0.5, 0.6) is 0 Å². The maximum absolute atomic E-state index is 12.9. The van der Waals surface area contributed by atoms with Crippen molar-refractivity contribution in [2.45, 2.75) is 6.18 Å². The van der Waals surface area contributed by atoms with Gasteiger partial charge in [0.1, 0.15) is 5.69 Å². The van der Waals surface area contributed by atoms with Crippen LogP contribution in [-0.4, -0.2) is 66.8 Å². The summed E-state index contributed by atoms with van der Waals surface area (Å²) in [5.74, 6) is -1.55. The topological polar surface area (TPSA) is 138 Å². The molecule has 0 radical (unpaired) electrons. The van der Waals surface area contributed by atoms with Crippen molar-refractivity contribution in [3.63, 3.8) is 0 Å². The minimum atomic E-state index is -4.71. The van der Waals surface area contributed by atoms with Crippen molar-refractivity contribution in [1.82, 2.24) is 15.5 Å². The molecule has 1 aromatic carbocycles. The summed E-state index contributed by atoms with van der Waals surface area (Å²) < 4.78 is 43.6. The fraction of sp³-hybridized carbons (Fsp3) is 0.350. The third kappa shape index (κ3) is 6.02. The third-order valence-electron chi connectivity index (χ3n) is 5.06. The van der Waals surface area contributed by atoms with Crippen molar-refractivity contribution < 1.29 is 36.9 Å². The summed E-state index contributed by atoms with van der Waals surface area (Å²) in [6.45, 7) is -0.0610.